The molecule has 4 atom stereocenters. The van der Waals surface area contributed by atoms with Gasteiger partial charge in [0.1, 0.15) is 0 Å². The SMILES string of the molecule is CC(C)(C)c1ccc(N2c3cc(N4c5ccccc5C5(C)CCCCC45C)cc4c3B3c5c2cccc5C(C)(C)c2cccc(c23)N4C23CC4CC2CC4C3)cc1. The van der Waals surface area contributed by atoms with E-state index in [4.69, 9.17) is 0 Å². The molecule has 0 saturated heterocycles. The van der Waals surface area contributed by atoms with Crippen LogP contribution in [0.25, 0.3) is 0 Å². The normalized spacial score (nSPS) is 31.2. The Balaban J connectivity index is 1.15. The highest BCUT2D eigenvalue weighted by atomic mass is 15.3. The Hall–Kier alpha value is -4.44. The second kappa shape index (κ2) is 10.4. The average Bonchev–Trinajstić information content (AvgIpc) is 3.98. The van der Waals surface area contributed by atoms with Crippen LogP contribution in [0.2, 0.25) is 0 Å². The number of hydrogen-bond donors (Lipinski definition) is 0. The van der Waals surface area contributed by atoms with Gasteiger partial charge in [-0.1, -0.05) is 109 Å². The maximum Gasteiger partial charge on any atom is 0.252 e. The molecule has 5 aromatic rings. The van der Waals surface area contributed by atoms with Crippen LogP contribution in [0, 0.1) is 17.8 Å². The fourth-order valence-electron chi connectivity index (χ4n) is 15.2. The predicted molar refractivity (Wildman–Crippen MR) is 240 cm³/mol. The van der Waals surface area contributed by atoms with E-state index in [-0.39, 0.29) is 34.0 Å². The number of fused-ring (bicyclic) bond motifs is 3. The summed E-state index contributed by atoms with van der Waals surface area (Å²) in [6.07, 6.45) is 10.6. The van der Waals surface area contributed by atoms with Crippen LogP contribution < -0.4 is 31.1 Å². The largest absolute Gasteiger partial charge is 0.336 e. The van der Waals surface area contributed by atoms with E-state index in [2.05, 4.69) is 160 Å². The van der Waals surface area contributed by atoms with Crippen molar-refractivity contribution in [3.63, 3.8) is 0 Å². The van der Waals surface area contributed by atoms with E-state index >= 15 is 0 Å². The predicted octanol–water partition coefficient (Wildman–Crippen LogP) is 11.3. The molecular formula is C53H56BN3. The molecule has 4 bridgehead atoms. The first-order valence-electron chi connectivity index (χ1n) is 22.4. The van der Waals surface area contributed by atoms with Gasteiger partial charge >= 0.3 is 0 Å². The van der Waals surface area contributed by atoms with E-state index in [1.807, 2.05) is 0 Å². The fraction of sp³-hybridized carbons (Fsp3) is 0.434. The minimum absolute atomic E-state index is 0.0139. The van der Waals surface area contributed by atoms with Crippen LogP contribution in [0.5, 0.6) is 0 Å². The van der Waals surface area contributed by atoms with Gasteiger partial charge < -0.3 is 14.7 Å². The van der Waals surface area contributed by atoms with Gasteiger partial charge in [0.15, 0.2) is 0 Å². The molecule has 0 aromatic heterocycles. The van der Waals surface area contributed by atoms with Gasteiger partial charge in [0.05, 0.1) is 5.54 Å². The molecule has 57 heavy (non-hydrogen) atoms. The molecule has 9 aliphatic rings. The summed E-state index contributed by atoms with van der Waals surface area (Å²) in [7, 11) is 0. The summed E-state index contributed by atoms with van der Waals surface area (Å²) >= 11 is 0. The lowest BCUT2D eigenvalue weighted by Gasteiger charge is -2.55. The van der Waals surface area contributed by atoms with Gasteiger partial charge in [-0.05, 0) is 150 Å². The molecule has 4 aliphatic heterocycles. The Morgan fingerprint density at radius 3 is 1.88 bits per heavy atom. The Morgan fingerprint density at radius 2 is 1.19 bits per heavy atom. The Morgan fingerprint density at radius 1 is 0.579 bits per heavy atom. The van der Waals surface area contributed by atoms with E-state index in [1.54, 1.807) is 16.5 Å². The smallest absolute Gasteiger partial charge is 0.252 e. The molecule has 0 amide bonds. The molecule has 286 valence electrons. The molecule has 3 nitrogen and oxygen atoms in total. The van der Waals surface area contributed by atoms with Gasteiger partial charge in [0.25, 0.3) is 6.71 Å². The number of anilines is 7. The molecule has 4 heterocycles. The van der Waals surface area contributed by atoms with Crippen molar-refractivity contribution in [1.82, 2.24) is 0 Å². The first-order chi connectivity index (χ1) is 27.3. The molecule has 0 spiro atoms. The summed E-state index contributed by atoms with van der Waals surface area (Å²) in [5.74, 6) is 2.55. The molecule has 5 aliphatic carbocycles. The van der Waals surface area contributed by atoms with Crippen LogP contribution in [-0.2, 0) is 16.2 Å². The molecule has 5 fully saturated rings. The van der Waals surface area contributed by atoms with E-state index in [1.165, 1.54) is 113 Å². The summed E-state index contributed by atoms with van der Waals surface area (Å²) in [4.78, 5) is 8.58. The lowest BCUT2D eigenvalue weighted by atomic mass is 9.28. The molecule has 4 unspecified atom stereocenters. The third kappa shape index (κ3) is 3.80. The van der Waals surface area contributed by atoms with Crippen LogP contribution in [0.15, 0.2) is 97.1 Å². The minimum atomic E-state index is -0.109. The highest BCUT2D eigenvalue weighted by molar-refractivity contribution is 7.01. The molecule has 0 radical (unpaired) electrons. The monoisotopic (exact) mass is 745 g/mol. The second-order valence-electron chi connectivity index (χ2n) is 21.8. The lowest BCUT2D eigenvalue weighted by Crippen LogP contribution is -2.69. The summed E-state index contributed by atoms with van der Waals surface area (Å²) in [5, 5.41) is 0. The van der Waals surface area contributed by atoms with Crippen LogP contribution >= 0.6 is 0 Å². The van der Waals surface area contributed by atoms with Crippen molar-refractivity contribution < 1.29 is 0 Å². The van der Waals surface area contributed by atoms with Crippen molar-refractivity contribution in [2.24, 2.45) is 17.8 Å². The van der Waals surface area contributed by atoms with Crippen molar-refractivity contribution in [1.29, 1.82) is 0 Å². The second-order valence-corrected chi connectivity index (χ2v) is 21.8. The topological polar surface area (TPSA) is 9.72 Å². The highest BCUT2D eigenvalue weighted by Gasteiger charge is 2.67. The maximum absolute atomic E-state index is 3.03. The quantitative estimate of drug-likeness (QED) is 0.167. The molecule has 4 heteroatoms. The van der Waals surface area contributed by atoms with Crippen LogP contribution in [0.1, 0.15) is 122 Å². The molecule has 0 N–H and O–H groups in total. The minimum Gasteiger partial charge on any atom is -0.336 e. The van der Waals surface area contributed by atoms with Crippen molar-refractivity contribution in [3.8, 4) is 0 Å². The average molecular weight is 746 g/mol. The van der Waals surface area contributed by atoms with Gasteiger partial charge in [-0.2, -0.15) is 0 Å². The zero-order valence-electron chi connectivity index (χ0n) is 35.0. The number of benzene rings is 5. The number of nitrogens with zero attached hydrogens (tertiary/aromatic N) is 3. The molecule has 5 aromatic carbocycles. The zero-order valence-corrected chi connectivity index (χ0v) is 35.0. The van der Waals surface area contributed by atoms with Gasteiger partial charge in [-0.15, -0.1) is 0 Å². The summed E-state index contributed by atoms with van der Waals surface area (Å²) in [6.45, 7) is 17.4. The Bertz CT molecular complexity index is 2580. The first-order valence-corrected chi connectivity index (χ1v) is 22.4. The Labute approximate surface area is 340 Å². The highest BCUT2D eigenvalue weighted by Crippen LogP contribution is 2.70. The Kier molecular flexibility index (Phi) is 6.12. The van der Waals surface area contributed by atoms with Gasteiger partial charge in [-0.3, -0.25) is 0 Å². The van der Waals surface area contributed by atoms with Gasteiger partial charge in [0.2, 0.25) is 0 Å². The summed E-state index contributed by atoms with van der Waals surface area (Å²) < 4.78 is 0. The summed E-state index contributed by atoms with van der Waals surface area (Å²) in [6, 6.07) is 39.2. The molecule has 14 rings (SSSR count). The number of hydrogen-bond acceptors (Lipinski definition) is 3. The van der Waals surface area contributed by atoms with Crippen molar-refractivity contribution in [3.05, 3.63) is 119 Å². The summed E-state index contributed by atoms with van der Waals surface area (Å²) in [5.41, 5.74) is 20.6. The van der Waals surface area contributed by atoms with E-state index in [0.717, 1.165) is 17.8 Å². The first kappa shape index (κ1) is 33.5. The van der Waals surface area contributed by atoms with E-state index in [0.29, 0.717) is 0 Å². The van der Waals surface area contributed by atoms with E-state index in [9.17, 15) is 0 Å². The maximum atomic E-state index is 3.03. The standard InChI is InChI=1S/C53H56BN3/c1-49(2,3)34-20-22-36(23-21-34)55-42-18-12-15-39-46(42)54-47-40(50(39,4)5)16-13-19-43(47)57(53-30-32-26-35(53)27-33(32)31-53)45-29-37(28-44(55)48(45)54)56-41-17-9-8-14-38(41)51(6)24-10-11-25-52(51,56)7/h8-9,12-23,28-29,32-33,35H,10-11,24-27,30-31H2,1-7H3. The van der Waals surface area contributed by atoms with Gasteiger partial charge in [-0.25, -0.2) is 0 Å². The molecular weight excluding hydrogens is 689 g/mol. The van der Waals surface area contributed by atoms with E-state index < -0.39 is 0 Å². The zero-order chi connectivity index (χ0) is 38.6. The van der Waals surface area contributed by atoms with Crippen molar-refractivity contribution in [2.75, 3.05) is 14.7 Å². The van der Waals surface area contributed by atoms with Crippen molar-refractivity contribution >= 4 is 62.9 Å². The third-order valence-electron chi connectivity index (χ3n) is 18.0. The molecule has 5 saturated carbocycles. The number of rotatable bonds is 3. The van der Waals surface area contributed by atoms with Crippen LogP contribution in [-0.4, -0.2) is 17.8 Å². The van der Waals surface area contributed by atoms with Crippen molar-refractivity contribution in [2.45, 2.75) is 127 Å². The van der Waals surface area contributed by atoms with Gasteiger partial charge in [0, 0.05) is 56.2 Å². The van der Waals surface area contributed by atoms with Crippen LogP contribution in [0.3, 0.4) is 0 Å². The lowest BCUT2D eigenvalue weighted by molar-refractivity contribution is 0.195. The fourth-order valence-corrected chi connectivity index (χ4v) is 15.2. The van der Waals surface area contributed by atoms with Crippen LogP contribution in [0.4, 0.5) is 39.8 Å². The third-order valence-corrected chi connectivity index (χ3v) is 18.0. The number of para-hydroxylation sites is 1.